The normalized spacial score (nSPS) is 14.0. The average Bonchev–Trinajstić information content (AvgIpc) is 2.37. The Morgan fingerprint density at radius 1 is 1.39 bits per heavy atom. The molecule has 0 bridgehead atoms. The fourth-order valence-electron chi connectivity index (χ4n) is 1.84. The highest BCUT2D eigenvalue weighted by molar-refractivity contribution is 5.77. The maximum absolute atomic E-state index is 12.8. The van der Waals surface area contributed by atoms with Crippen molar-refractivity contribution in [2.45, 2.75) is 38.6 Å². The second kappa shape index (κ2) is 7.11. The van der Waals surface area contributed by atoms with Gasteiger partial charge >= 0.3 is 0 Å². The quantitative estimate of drug-likeness (QED) is 0.816. The van der Waals surface area contributed by atoms with Crippen LogP contribution in [0.2, 0.25) is 0 Å². The van der Waals surface area contributed by atoms with Crippen molar-refractivity contribution >= 4 is 5.91 Å². The van der Waals surface area contributed by atoms with Gasteiger partial charge in [-0.15, -0.1) is 0 Å². The maximum Gasteiger partial charge on any atom is 0.220 e. The largest absolute Gasteiger partial charge is 0.394 e. The standard InChI is InChI=1S/C14H20FNO2/c1-3-11(8-14(18)16-10(2)9-17)12-4-6-13(15)7-5-12/h4-7,10-11,17H,3,8-9H2,1-2H3,(H,16,18). The Morgan fingerprint density at radius 3 is 2.50 bits per heavy atom. The van der Waals surface area contributed by atoms with Gasteiger partial charge in [-0.05, 0) is 37.0 Å². The van der Waals surface area contributed by atoms with E-state index >= 15 is 0 Å². The van der Waals surface area contributed by atoms with E-state index in [-0.39, 0.29) is 30.3 Å². The molecule has 1 aromatic rings. The zero-order chi connectivity index (χ0) is 13.5. The smallest absolute Gasteiger partial charge is 0.220 e. The minimum Gasteiger partial charge on any atom is -0.394 e. The third-order valence-corrected chi connectivity index (χ3v) is 2.95. The third-order valence-electron chi connectivity index (χ3n) is 2.95. The number of aliphatic hydroxyl groups is 1. The van der Waals surface area contributed by atoms with Crippen molar-refractivity contribution in [3.05, 3.63) is 35.6 Å². The van der Waals surface area contributed by atoms with Gasteiger partial charge in [0.1, 0.15) is 5.82 Å². The molecular formula is C14H20FNO2. The summed E-state index contributed by atoms with van der Waals surface area (Å²) >= 11 is 0. The Kier molecular flexibility index (Phi) is 5.78. The summed E-state index contributed by atoms with van der Waals surface area (Å²) in [5, 5.41) is 11.6. The lowest BCUT2D eigenvalue weighted by Crippen LogP contribution is -2.35. The number of halogens is 1. The van der Waals surface area contributed by atoms with Gasteiger partial charge in [-0.2, -0.15) is 0 Å². The first-order chi connectivity index (χ1) is 8.56. The van der Waals surface area contributed by atoms with Gasteiger partial charge in [-0.1, -0.05) is 19.1 Å². The molecule has 0 heterocycles. The SMILES string of the molecule is CCC(CC(=O)NC(C)CO)c1ccc(F)cc1. The molecular weight excluding hydrogens is 233 g/mol. The van der Waals surface area contributed by atoms with Gasteiger partial charge in [0, 0.05) is 12.5 Å². The van der Waals surface area contributed by atoms with E-state index in [4.69, 9.17) is 5.11 Å². The monoisotopic (exact) mass is 253 g/mol. The van der Waals surface area contributed by atoms with Gasteiger partial charge in [-0.3, -0.25) is 4.79 Å². The van der Waals surface area contributed by atoms with E-state index in [2.05, 4.69) is 5.32 Å². The molecule has 0 aliphatic carbocycles. The molecule has 18 heavy (non-hydrogen) atoms. The molecule has 3 nitrogen and oxygen atoms in total. The molecule has 1 rings (SSSR count). The van der Waals surface area contributed by atoms with E-state index in [0.717, 1.165) is 12.0 Å². The number of carbonyl (C=O) groups is 1. The molecule has 0 aromatic heterocycles. The highest BCUT2D eigenvalue weighted by atomic mass is 19.1. The number of hydrogen-bond donors (Lipinski definition) is 2. The summed E-state index contributed by atoms with van der Waals surface area (Å²) in [7, 11) is 0. The van der Waals surface area contributed by atoms with Crippen molar-refractivity contribution in [3.8, 4) is 0 Å². The van der Waals surface area contributed by atoms with Crippen molar-refractivity contribution in [1.82, 2.24) is 5.32 Å². The van der Waals surface area contributed by atoms with E-state index in [9.17, 15) is 9.18 Å². The van der Waals surface area contributed by atoms with Crippen molar-refractivity contribution in [3.63, 3.8) is 0 Å². The number of amides is 1. The number of benzene rings is 1. The van der Waals surface area contributed by atoms with Crippen LogP contribution in [0, 0.1) is 5.82 Å². The lowest BCUT2D eigenvalue weighted by molar-refractivity contribution is -0.122. The van der Waals surface area contributed by atoms with E-state index in [0.29, 0.717) is 6.42 Å². The highest BCUT2D eigenvalue weighted by Gasteiger charge is 2.15. The fourth-order valence-corrected chi connectivity index (χ4v) is 1.84. The van der Waals surface area contributed by atoms with Crippen LogP contribution in [-0.2, 0) is 4.79 Å². The molecule has 2 N–H and O–H groups in total. The summed E-state index contributed by atoms with van der Waals surface area (Å²) < 4.78 is 12.8. The van der Waals surface area contributed by atoms with Crippen LogP contribution < -0.4 is 5.32 Å². The van der Waals surface area contributed by atoms with Crippen LogP contribution in [-0.4, -0.2) is 23.7 Å². The molecule has 1 aromatic carbocycles. The lowest BCUT2D eigenvalue weighted by Gasteiger charge is -2.17. The number of aliphatic hydroxyl groups excluding tert-OH is 1. The number of hydrogen-bond acceptors (Lipinski definition) is 2. The summed E-state index contributed by atoms with van der Waals surface area (Å²) in [6.07, 6.45) is 1.17. The van der Waals surface area contributed by atoms with Gasteiger partial charge in [0.05, 0.1) is 6.61 Å². The summed E-state index contributed by atoms with van der Waals surface area (Å²) in [4.78, 5) is 11.7. The molecule has 0 saturated heterocycles. The first kappa shape index (κ1) is 14.6. The van der Waals surface area contributed by atoms with E-state index in [1.54, 1.807) is 19.1 Å². The third kappa shape index (κ3) is 4.45. The Balaban J connectivity index is 2.61. The van der Waals surface area contributed by atoms with Gasteiger partial charge in [0.25, 0.3) is 0 Å². The van der Waals surface area contributed by atoms with Gasteiger partial charge in [0.15, 0.2) is 0 Å². The summed E-state index contributed by atoms with van der Waals surface area (Å²) in [6, 6.07) is 6.01. The maximum atomic E-state index is 12.8. The van der Waals surface area contributed by atoms with Crippen molar-refractivity contribution in [2.75, 3.05) is 6.61 Å². The summed E-state index contributed by atoms with van der Waals surface area (Å²) in [5.74, 6) is -0.281. The molecule has 100 valence electrons. The van der Waals surface area contributed by atoms with Crippen LogP contribution in [0.1, 0.15) is 38.2 Å². The van der Waals surface area contributed by atoms with Crippen LogP contribution in [0.3, 0.4) is 0 Å². The van der Waals surface area contributed by atoms with Crippen molar-refractivity contribution in [2.24, 2.45) is 0 Å². The topological polar surface area (TPSA) is 49.3 Å². The number of carbonyl (C=O) groups excluding carboxylic acids is 1. The average molecular weight is 253 g/mol. The molecule has 0 spiro atoms. The van der Waals surface area contributed by atoms with Crippen molar-refractivity contribution in [1.29, 1.82) is 0 Å². The molecule has 1 amide bonds. The zero-order valence-corrected chi connectivity index (χ0v) is 10.8. The van der Waals surface area contributed by atoms with E-state index in [1.807, 2.05) is 6.92 Å². The molecule has 0 saturated carbocycles. The predicted molar refractivity (Wildman–Crippen MR) is 68.7 cm³/mol. The van der Waals surface area contributed by atoms with Crippen LogP contribution >= 0.6 is 0 Å². The van der Waals surface area contributed by atoms with Crippen LogP contribution in [0.4, 0.5) is 4.39 Å². The second-order valence-electron chi connectivity index (χ2n) is 4.51. The Bertz CT molecular complexity index is 378. The molecule has 0 radical (unpaired) electrons. The molecule has 4 heteroatoms. The van der Waals surface area contributed by atoms with E-state index < -0.39 is 0 Å². The van der Waals surface area contributed by atoms with Crippen molar-refractivity contribution < 1.29 is 14.3 Å². The second-order valence-corrected chi connectivity index (χ2v) is 4.51. The number of rotatable bonds is 6. The zero-order valence-electron chi connectivity index (χ0n) is 10.8. The van der Waals surface area contributed by atoms with Crippen LogP contribution in [0.5, 0.6) is 0 Å². The molecule has 2 unspecified atom stereocenters. The summed E-state index contributed by atoms with van der Waals surface area (Å²) in [5.41, 5.74) is 0.964. The Hall–Kier alpha value is -1.42. The highest BCUT2D eigenvalue weighted by Crippen LogP contribution is 2.23. The van der Waals surface area contributed by atoms with Crippen LogP contribution in [0.15, 0.2) is 24.3 Å². The van der Waals surface area contributed by atoms with E-state index in [1.165, 1.54) is 12.1 Å². The molecule has 2 atom stereocenters. The van der Waals surface area contributed by atoms with Gasteiger partial charge in [-0.25, -0.2) is 4.39 Å². The minimum atomic E-state index is -0.271. The summed E-state index contributed by atoms with van der Waals surface area (Å²) in [6.45, 7) is 3.67. The Morgan fingerprint density at radius 2 is 2.00 bits per heavy atom. The fraction of sp³-hybridized carbons (Fsp3) is 0.500. The molecule has 0 aliphatic rings. The van der Waals surface area contributed by atoms with Gasteiger partial charge < -0.3 is 10.4 Å². The first-order valence-corrected chi connectivity index (χ1v) is 6.22. The minimum absolute atomic E-state index is 0.0704. The Labute approximate surface area is 107 Å². The first-order valence-electron chi connectivity index (χ1n) is 6.22. The molecule has 0 fully saturated rings. The van der Waals surface area contributed by atoms with Gasteiger partial charge in [0.2, 0.25) is 5.91 Å². The lowest BCUT2D eigenvalue weighted by atomic mass is 9.93. The predicted octanol–water partition coefficient (Wildman–Crippen LogP) is 2.21. The van der Waals surface area contributed by atoms with Crippen LogP contribution in [0.25, 0.3) is 0 Å². The molecule has 0 aliphatic heterocycles. The number of nitrogens with one attached hydrogen (secondary N) is 1.